The molecule has 0 aliphatic carbocycles. The van der Waals surface area contributed by atoms with Crippen LogP contribution in [0.25, 0.3) is 0 Å². The van der Waals surface area contributed by atoms with Crippen LogP contribution in [0.3, 0.4) is 0 Å². The van der Waals surface area contributed by atoms with E-state index in [1.165, 1.54) is 16.8 Å². The van der Waals surface area contributed by atoms with Crippen molar-refractivity contribution in [3.8, 4) is 0 Å². The van der Waals surface area contributed by atoms with Gasteiger partial charge in [0.1, 0.15) is 0 Å². The van der Waals surface area contributed by atoms with Gasteiger partial charge in [-0.1, -0.05) is 39.0 Å². The van der Waals surface area contributed by atoms with Crippen molar-refractivity contribution < 1.29 is 0 Å². The Hall–Kier alpha value is -0.980. The highest BCUT2D eigenvalue weighted by atomic mass is 15.1. The van der Waals surface area contributed by atoms with Crippen LogP contribution in [0.4, 0.5) is 5.69 Å². The van der Waals surface area contributed by atoms with Crippen LogP contribution in [-0.2, 0) is 6.42 Å². The van der Waals surface area contributed by atoms with Crippen molar-refractivity contribution in [2.75, 3.05) is 19.0 Å². The van der Waals surface area contributed by atoms with Gasteiger partial charge < -0.3 is 4.90 Å². The monoisotopic (exact) mass is 191 g/mol. The predicted molar refractivity (Wildman–Crippen MR) is 64.2 cm³/mol. The van der Waals surface area contributed by atoms with E-state index in [4.69, 9.17) is 0 Å². The predicted octanol–water partition coefficient (Wildman–Crippen LogP) is 3.44. The lowest BCUT2D eigenvalue weighted by Crippen LogP contribution is -2.14. The van der Waals surface area contributed by atoms with E-state index >= 15 is 0 Å². The average Bonchev–Trinajstić information content (AvgIpc) is 2.16. The molecule has 0 spiro atoms. The first kappa shape index (κ1) is 11.1. The Kier molecular flexibility index (Phi) is 3.56. The van der Waals surface area contributed by atoms with Gasteiger partial charge in [-0.3, -0.25) is 0 Å². The highest BCUT2D eigenvalue weighted by Gasteiger charge is 2.11. The zero-order valence-corrected chi connectivity index (χ0v) is 9.96. The zero-order chi connectivity index (χ0) is 10.7. The maximum absolute atomic E-state index is 2.25. The molecule has 0 fully saturated rings. The Bertz CT molecular complexity index is 300. The van der Waals surface area contributed by atoms with Crippen LogP contribution in [-0.4, -0.2) is 14.1 Å². The van der Waals surface area contributed by atoms with Crippen LogP contribution < -0.4 is 4.90 Å². The molecular formula is C13H21N. The van der Waals surface area contributed by atoms with Crippen LogP contribution in [0, 0.1) is 0 Å². The second kappa shape index (κ2) is 4.50. The Morgan fingerprint density at radius 1 is 1.21 bits per heavy atom. The third kappa shape index (κ3) is 2.09. The van der Waals surface area contributed by atoms with Crippen molar-refractivity contribution in [3.63, 3.8) is 0 Å². The Balaban J connectivity index is 3.28. The Morgan fingerprint density at radius 2 is 1.86 bits per heavy atom. The summed E-state index contributed by atoms with van der Waals surface area (Å²) in [6.45, 7) is 6.72. The van der Waals surface area contributed by atoms with Crippen molar-refractivity contribution in [3.05, 3.63) is 29.3 Å². The molecule has 0 aliphatic rings. The summed E-state index contributed by atoms with van der Waals surface area (Å²) in [6, 6.07) is 6.63. The van der Waals surface area contributed by atoms with E-state index in [9.17, 15) is 0 Å². The van der Waals surface area contributed by atoms with Crippen molar-refractivity contribution in [1.29, 1.82) is 0 Å². The molecule has 0 bridgehead atoms. The van der Waals surface area contributed by atoms with Crippen LogP contribution in [0.15, 0.2) is 18.2 Å². The number of aryl methyl sites for hydroxylation is 1. The molecule has 78 valence electrons. The fourth-order valence-corrected chi connectivity index (χ4v) is 1.91. The summed E-state index contributed by atoms with van der Waals surface area (Å²) in [4.78, 5) is 2.23. The molecule has 14 heavy (non-hydrogen) atoms. The Morgan fingerprint density at radius 3 is 2.29 bits per heavy atom. The summed E-state index contributed by atoms with van der Waals surface area (Å²) < 4.78 is 0. The molecular weight excluding hydrogens is 170 g/mol. The molecule has 0 N–H and O–H groups in total. The number of rotatable bonds is 3. The zero-order valence-electron chi connectivity index (χ0n) is 9.96. The quantitative estimate of drug-likeness (QED) is 0.707. The van der Waals surface area contributed by atoms with Crippen LogP contribution in [0.1, 0.15) is 37.8 Å². The lowest BCUT2D eigenvalue weighted by molar-refractivity contribution is 0.853. The van der Waals surface area contributed by atoms with Crippen molar-refractivity contribution >= 4 is 5.69 Å². The third-order valence-corrected chi connectivity index (χ3v) is 2.60. The molecule has 0 saturated carbocycles. The number of hydrogen-bond acceptors (Lipinski definition) is 1. The van der Waals surface area contributed by atoms with Gasteiger partial charge in [-0.2, -0.15) is 0 Å². The highest BCUT2D eigenvalue weighted by molar-refractivity contribution is 5.60. The van der Waals surface area contributed by atoms with E-state index in [0.29, 0.717) is 5.92 Å². The molecule has 0 saturated heterocycles. The van der Waals surface area contributed by atoms with Crippen molar-refractivity contribution in [1.82, 2.24) is 0 Å². The maximum atomic E-state index is 2.25. The van der Waals surface area contributed by atoms with Gasteiger partial charge in [-0.25, -0.2) is 0 Å². The number of benzene rings is 1. The molecule has 1 rings (SSSR count). The SMILES string of the molecule is CCc1cccc(C(C)C)c1N(C)C. The van der Waals surface area contributed by atoms with E-state index in [2.05, 4.69) is 58.0 Å². The number of para-hydroxylation sites is 1. The molecule has 0 unspecified atom stereocenters. The second-order valence-electron chi connectivity index (χ2n) is 4.26. The average molecular weight is 191 g/mol. The van der Waals surface area contributed by atoms with Gasteiger partial charge in [0.25, 0.3) is 0 Å². The van der Waals surface area contributed by atoms with Crippen molar-refractivity contribution in [2.24, 2.45) is 0 Å². The second-order valence-corrected chi connectivity index (χ2v) is 4.26. The van der Waals surface area contributed by atoms with Crippen LogP contribution in [0.2, 0.25) is 0 Å². The maximum Gasteiger partial charge on any atom is 0.0428 e. The first-order valence-corrected chi connectivity index (χ1v) is 5.37. The van der Waals surface area contributed by atoms with Gasteiger partial charge in [0.05, 0.1) is 0 Å². The minimum absolute atomic E-state index is 0.596. The normalized spacial score (nSPS) is 10.7. The molecule has 0 amide bonds. The van der Waals surface area contributed by atoms with E-state index in [0.717, 1.165) is 6.42 Å². The number of nitrogens with zero attached hydrogens (tertiary/aromatic N) is 1. The van der Waals surface area contributed by atoms with E-state index in [1.54, 1.807) is 0 Å². The first-order valence-electron chi connectivity index (χ1n) is 5.37. The van der Waals surface area contributed by atoms with Gasteiger partial charge >= 0.3 is 0 Å². The number of hydrogen-bond donors (Lipinski definition) is 0. The highest BCUT2D eigenvalue weighted by Crippen LogP contribution is 2.30. The molecule has 0 radical (unpaired) electrons. The van der Waals surface area contributed by atoms with E-state index in [-0.39, 0.29) is 0 Å². The van der Waals surface area contributed by atoms with Gasteiger partial charge in [0.2, 0.25) is 0 Å². The summed E-state index contributed by atoms with van der Waals surface area (Å²) >= 11 is 0. The molecule has 0 aromatic heterocycles. The smallest absolute Gasteiger partial charge is 0.0428 e. The van der Waals surface area contributed by atoms with Gasteiger partial charge in [0.15, 0.2) is 0 Å². The fourth-order valence-electron chi connectivity index (χ4n) is 1.91. The van der Waals surface area contributed by atoms with Crippen LogP contribution in [0.5, 0.6) is 0 Å². The Labute approximate surface area is 87.7 Å². The molecule has 1 heteroatoms. The van der Waals surface area contributed by atoms with Gasteiger partial charge in [-0.05, 0) is 23.5 Å². The first-order chi connectivity index (χ1) is 6.57. The van der Waals surface area contributed by atoms with Gasteiger partial charge in [-0.15, -0.1) is 0 Å². The van der Waals surface area contributed by atoms with E-state index in [1.807, 2.05) is 0 Å². The topological polar surface area (TPSA) is 3.24 Å². The van der Waals surface area contributed by atoms with Crippen molar-refractivity contribution in [2.45, 2.75) is 33.1 Å². The summed E-state index contributed by atoms with van der Waals surface area (Å²) in [5, 5.41) is 0. The number of anilines is 1. The van der Waals surface area contributed by atoms with Gasteiger partial charge in [0, 0.05) is 19.8 Å². The lowest BCUT2D eigenvalue weighted by atomic mass is 9.96. The molecule has 0 heterocycles. The lowest BCUT2D eigenvalue weighted by Gasteiger charge is -2.23. The van der Waals surface area contributed by atoms with E-state index < -0.39 is 0 Å². The third-order valence-electron chi connectivity index (χ3n) is 2.60. The summed E-state index contributed by atoms with van der Waals surface area (Å²) in [5.41, 5.74) is 4.31. The van der Waals surface area contributed by atoms with Crippen LogP contribution >= 0.6 is 0 Å². The largest absolute Gasteiger partial charge is 0.377 e. The summed E-state index contributed by atoms with van der Waals surface area (Å²) in [7, 11) is 4.25. The standard InChI is InChI=1S/C13H21N/c1-6-11-8-7-9-12(10(2)3)13(11)14(4)5/h7-10H,6H2,1-5H3. The molecule has 1 nitrogen and oxygen atoms in total. The molecule has 1 aromatic carbocycles. The fraction of sp³-hybridized carbons (Fsp3) is 0.538. The minimum atomic E-state index is 0.596. The molecule has 1 aromatic rings. The molecule has 0 atom stereocenters. The summed E-state index contributed by atoms with van der Waals surface area (Å²) in [6.07, 6.45) is 1.11. The minimum Gasteiger partial charge on any atom is -0.377 e. The summed E-state index contributed by atoms with van der Waals surface area (Å²) in [5.74, 6) is 0.596. The molecule has 0 aliphatic heterocycles.